The van der Waals surface area contributed by atoms with Gasteiger partial charge in [-0.2, -0.15) is 0 Å². The fraction of sp³-hybridized carbons (Fsp3) is 0.543. The highest BCUT2D eigenvalue weighted by Crippen LogP contribution is 2.33. The van der Waals surface area contributed by atoms with Gasteiger partial charge in [-0.3, -0.25) is 0 Å². The highest BCUT2D eigenvalue weighted by Gasteiger charge is 2.15. The number of unbranched alkanes of at least 4 members (excludes halogenated alkanes) is 26. The number of aryl methyl sites for hydroxylation is 2. The van der Waals surface area contributed by atoms with Gasteiger partial charge in [0.05, 0.1) is 0 Å². The van der Waals surface area contributed by atoms with Crippen LogP contribution in [0.4, 0.5) is 0 Å². The van der Waals surface area contributed by atoms with E-state index in [4.69, 9.17) is 0 Å². The molecule has 6 aromatic rings. The minimum atomic E-state index is -1.06. The molecule has 0 aliphatic carbocycles. The Morgan fingerprint density at radius 2 is 0.554 bits per heavy atom. The van der Waals surface area contributed by atoms with Gasteiger partial charge in [0.25, 0.3) is 0 Å². The molecule has 0 saturated carbocycles. The number of nitrogens with zero attached hydrogens (tertiary/aromatic N) is 2. The van der Waals surface area contributed by atoms with Crippen LogP contribution in [0.1, 0.15) is 244 Å². The lowest BCUT2D eigenvalue weighted by Crippen LogP contribution is -2.14. The maximum absolute atomic E-state index is 10.4. The van der Waals surface area contributed by atoms with Gasteiger partial charge < -0.3 is 19.3 Å². The van der Waals surface area contributed by atoms with Crippen LogP contribution < -0.4 is 0 Å². The van der Waals surface area contributed by atoms with Gasteiger partial charge in [-0.25, -0.2) is 0 Å². The Hall–Kier alpha value is -5.36. The first-order valence-corrected chi connectivity index (χ1v) is 29.6. The summed E-state index contributed by atoms with van der Waals surface area (Å²) in [6.07, 6.45) is 37.8. The van der Waals surface area contributed by atoms with Gasteiger partial charge in [0.2, 0.25) is 0 Å². The third-order valence-electron chi connectivity index (χ3n) is 14.7. The summed E-state index contributed by atoms with van der Waals surface area (Å²) in [5.41, 5.74) is 6.36. The van der Waals surface area contributed by atoms with Crippen molar-refractivity contribution in [3.8, 4) is 47.4 Å². The Bertz CT molecular complexity index is 2730. The molecule has 0 spiro atoms. The van der Waals surface area contributed by atoms with Crippen LogP contribution in [0.2, 0.25) is 0 Å². The first-order chi connectivity index (χ1) is 35.9. The molecule has 0 atom stereocenters. The van der Waals surface area contributed by atoms with E-state index in [-0.39, 0.29) is 0 Å². The van der Waals surface area contributed by atoms with Crippen LogP contribution in [0.3, 0.4) is 0 Å². The topological polar surface area (TPSA) is 50.3 Å². The van der Waals surface area contributed by atoms with Crippen molar-refractivity contribution in [2.75, 3.05) is 0 Å². The van der Waals surface area contributed by atoms with Crippen molar-refractivity contribution < 1.29 is 10.2 Å². The molecule has 4 aromatic carbocycles. The second kappa shape index (κ2) is 30.9. The third-order valence-corrected chi connectivity index (χ3v) is 14.7. The molecule has 74 heavy (non-hydrogen) atoms. The summed E-state index contributed by atoms with van der Waals surface area (Å²) < 4.78 is 4.96. The van der Waals surface area contributed by atoms with Crippen molar-refractivity contribution in [1.29, 1.82) is 0 Å². The zero-order chi connectivity index (χ0) is 52.4. The van der Waals surface area contributed by atoms with Gasteiger partial charge in [0.15, 0.2) is 0 Å². The molecule has 4 heteroatoms. The molecule has 2 aromatic heterocycles. The molecule has 0 saturated heterocycles. The molecule has 4 nitrogen and oxygen atoms in total. The first-order valence-electron chi connectivity index (χ1n) is 29.6. The Morgan fingerprint density at radius 1 is 0.324 bits per heavy atom. The number of aliphatic hydroxyl groups is 2. The summed E-state index contributed by atoms with van der Waals surface area (Å²) >= 11 is 0. The maximum Gasteiger partial charge on any atom is 0.120 e. The quantitative estimate of drug-likeness (QED) is 0.0349. The third kappa shape index (κ3) is 19.4. The number of hydrogen-bond donors (Lipinski definition) is 2. The van der Waals surface area contributed by atoms with Crippen LogP contribution in [0.15, 0.2) is 72.8 Å². The Labute approximate surface area is 448 Å². The molecule has 0 unspecified atom stereocenters. The fourth-order valence-corrected chi connectivity index (χ4v) is 10.6. The highest BCUT2D eigenvalue weighted by atomic mass is 16.3. The predicted molar refractivity (Wildman–Crippen MR) is 320 cm³/mol. The zero-order valence-electron chi connectivity index (χ0n) is 46.9. The molecule has 2 N–H and O–H groups in total. The lowest BCUT2D eigenvalue weighted by Gasteiger charge is -2.08. The van der Waals surface area contributed by atoms with Gasteiger partial charge >= 0.3 is 0 Å². The zero-order valence-corrected chi connectivity index (χ0v) is 46.9. The van der Waals surface area contributed by atoms with E-state index in [0.29, 0.717) is 0 Å². The molecule has 0 bridgehead atoms. The van der Waals surface area contributed by atoms with E-state index >= 15 is 0 Å². The SMILES string of the molecule is CCCCCCCCCCCCCCCCn1c2ccc(C#CC#Cc3ccc4c(c3)c3cc(C#CC(C)(C)O)ccc3n4CCCCCCCCCCCCCCCC)cc2c2cc(C#CC(C)(C)O)ccc21. The number of rotatable bonds is 30. The standard InChI is InChI=1S/C70H92N2O2/c1-7-9-11-13-15-17-19-21-23-25-27-29-31-35-51-71-65-43-39-57(53-61(65)63-55-59(41-45-67(63)71)47-49-69(3,4)73)37-33-34-38-58-40-44-66-62(54-58)64-56-60(48-50-70(5,6)74)42-46-68(64)72(66)52-36-32-30-28-26-24-22-20-18-16-14-12-10-8-2/h39-46,53-56,73-74H,7-32,35-36,51-52H2,1-6H3. The minimum absolute atomic E-state index is 0.894. The second-order valence-electron chi connectivity index (χ2n) is 22.5. The molecule has 2 heterocycles. The summed E-state index contributed by atoms with van der Waals surface area (Å²) in [4.78, 5) is 0. The van der Waals surface area contributed by atoms with Gasteiger partial charge in [0, 0.05) is 79.0 Å². The fourth-order valence-electron chi connectivity index (χ4n) is 10.6. The first kappa shape index (κ1) is 57.9. The molecule has 394 valence electrons. The van der Waals surface area contributed by atoms with E-state index < -0.39 is 11.2 Å². The number of benzene rings is 4. The molecule has 0 fully saturated rings. The minimum Gasteiger partial charge on any atom is -0.378 e. The summed E-state index contributed by atoms with van der Waals surface area (Å²) in [6.45, 7) is 13.4. The summed E-state index contributed by atoms with van der Waals surface area (Å²) in [7, 11) is 0. The second-order valence-corrected chi connectivity index (χ2v) is 22.5. The van der Waals surface area contributed by atoms with Gasteiger partial charge in [-0.05, 0) is 125 Å². The van der Waals surface area contributed by atoms with E-state index in [9.17, 15) is 10.2 Å². The van der Waals surface area contributed by atoms with E-state index in [1.807, 2.05) is 0 Å². The van der Waals surface area contributed by atoms with Crippen LogP contribution in [0, 0.1) is 47.4 Å². The van der Waals surface area contributed by atoms with Crippen molar-refractivity contribution in [3.05, 3.63) is 95.1 Å². The van der Waals surface area contributed by atoms with Crippen LogP contribution in [-0.2, 0) is 13.1 Å². The number of fused-ring (bicyclic) bond motifs is 6. The lowest BCUT2D eigenvalue weighted by atomic mass is 10.0. The number of aromatic nitrogens is 2. The monoisotopic (exact) mass is 993 g/mol. The summed E-state index contributed by atoms with van der Waals surface area (Å²) in [5, 5.41) is 25.4. The van der Waals surface area contributed by atoms with Crippen molar-refractivity contribution in [1.82, 2.24) is 9.13 Å². The van der Waals surface area contributed by atoms with Crippen molar-refractivity contribution in [2.45, 2.75) is 246 Å². The largest absolute Gasteiger partial charge is 0.378 e. The Morgan fingerprint density at radius 3 is 0.797 bits per heavy atom. The highest BCUT2D eigenvalue weighted by molar-refractivity contribution is 6.10. The van der Waals surface area contributed by atoms with Gasteiger partial charge in [-0.15, -0.1) is 0 Å². The molecule has 0 amide bonds. The molecule has 0 radical (unpaired) electrons. The van der Waals surface area contributed by atoms with Gasteiger partial charge in [-0.1, -0.05) is 216 Å². The van der Waals surface area contributed by atoms with Gasteiger partial charge in [0.1, 0.15) is 11.2 Å². The molecular weight excluding hydrogens is 901 g/mol. The lowest BCUT2D eigenvalue weighted by molar-refractivity contribution is 0.143. The normalized spacial score (nSPS) is 11.6. The Balaban J connectivity index is 1.12. The average Bonchev–Trinajstić information content (AvgIpc) is 3.86. The molecular formula is C70H92N2O2. The molecule has 0 aliphatic heterocycles. The van der Waals surface area contributed by atoms with E-state index in [1.54, 1.807) is 27.7 Å². The summed E-state index contributed by atoms with van der Waals surface area (Å²) in [5.74, 6) is 25.5. The smallest absolute Gasteiger partial charge is 0.120 e. The molecule has 0 aliphatic rings. The molecule has 6 rings (SSSR count). The average molecular weight is 994 g/mol. The van der Waals surface area contributed by atoms with Crippen LogP contribution >= 0.6 is 0 Å². The summed E-state index contributed by atoms with van der Waals surface area (Å²) in [6, 6.07) is 26.0. The van der Waals surface area contributed by atoms with Crippen LogP contribution in [0.5, 0.6) is 0 Å². The van der Waals surface area contributed by atoms with Crippen molar-refractivity contribution in [2.24, 2.45) is 0 Å². The van der Waals surface area contributed by atoms with E-state index in [2.05, 4.69) is 143 Å². The van der Waals surface area contributed by atoms with E-state index in [0.717, 1.165) is 59.0 Å². The van der Waals surface area contributed by atoms with Crippen LogP contribution in [-0.4, -0.2) is 30.5 Å². The number of hydrogen-bond acceptors (Lipinski definition) is 2. The maximum atomic E-state index is 10.4. The predicted octanol–water partition coefficient (Wildman–Crippen LogP) is 18.5. The Kier molecular flexibility index (Phi) is 24.2. The van der Waals surface area contributed by atoms with Crippen molar-refractivity contribution >= 4 is 43.6 Å². The van der Waals surface area contributed by atoms with E-state index in [1.165, 1.54) is 200 Å². The van der Waals surface area contributed by atoms with Crippen LogP contribution in [0.25, 0.3) is 43.6 Å². The van der Waals surface area contributed by atoms with Crippen molar-refractivity contribution in [3.63, 3.8) is 0 Å².